The van der Waals surface area contributed by atoms with Crippen LogP contribution in [0.4, 0.5) is 4.39 Å². The number of rotatable bonds is 6. The Hall–Kier alpha value is -1.45. The van der Waals surface area contributed by atoms with Crippen molar-refractivity contribution in [2.75, 3.05) is 19.7 Å². The van der Waals surface area contributed by atoms with Gasteiger partial charge >= 0.3 is 5.97 Å². The zero-order valence-electron chi connectivity index (χ0n) is 16.3. The van der Waals surface area contributed by atoms with Gasteiger partial charge in [-0.05, 0) is 32.4 Å². The molecule has 1 aromatic carbocycles. The molecule has 0 saturated carbocycles. The summed E-state index contributed by atoms with van der Waals surface area (Å²) in [7, 11) is 0. The van der Waals surface area contributed by atoms with E-state index in [1.54, 1.807) is 20.1 Å². The maximum absolute atomic E-state index is 13.9. The summed E-state index contributed by atoms with van der Waals surface area (Å²) < 4.78 is 25.0. The molecule has 160 valence electrons. The standard InChI is InChI=1S/C19H25Cl2FN4O3/c1-3-28-19(27)11-7-25-26(9-11)12-6-15(18(23)24-8-12)29-10(2)16-13(20)4-5-14(22)17(16)21/h4-5,7,10-12,15,18,24H,3,6,8-9,23H2,1-2H3. The number of carbonyl (C=O) groups is 1. The topological polar surface area (TPSA) is 89.2 Å². The normalized spacial score (nSPS) is 27.9. The minimum atomic E-state index is -0.559. The molecule has 1 saturated heterocycles. The van der Waals surface area contributed by atoms with E-state index in [0.29, 0.717) is 36.7 Å². The van der Waals surface area contributed by atoms with E-state index < -0.39 is 18.1 Å². The summed E-state index contributed by atoms with van der Waals surface area (Å²) >= 11 is 12.3. The molecule has 3 rings (SSSR count). The number of nitrogens with one attached hydrogen (secondary N) is 1. The highest BCUT2D eigenvalue weighted by atomic mass is 35.5. The molecule has 29 heavy (non-hydrogen) atoms. The first-order chi connectivity index (χ1) is 13.8. The van der Waals surface area contributed by atoms with Crippen LogP contribution in [-0.2, 0) is 14.3 Å². The van der Waals surface area contributed by atoms with Crippen molar-refractivity contribution in [1.82, 2.24) is 10.3 Å². The second-order valence-corrected chi connectivity index (χ2v) is 7.93. The molecule has 2 aliphatic heterocycles. The monoisotopic (exact) mass is 446 g/mol. The average Bonchev–Trinajstić information content (AvgIpc) is 3.17. The van der Waals surface area contributed by atoms with Crippen molar-refractivity contribution in [2.24, 2.45) is 16.8 Å². The maximum atomic E-state index is 13.9. The van der Waals surface area contributed by atoms with E-state index in [-0.39, 0.29) is 29.1 Å². The van der Waals surface area contributed by atoms with Crippen LogP contribution in [0.2, 0.25) is 10.0 Å². The Labute approximate surface area is 179 Å². The van der Waals surface area contributed by atoms with E-state index in [9.17, 15) is 9.18 Å². The molecule has 5 unspecified atom stereocenters. The highest BCUT2D eigenvalue weighted by Crippen LogP contribution is 2.35. The Balaban J connectivity index is 1.65. The SMILES string of the molecule is CCOC(=O)C1C=NN(C2CNC(N)C(OC(C)c3c(Cl)ccc(F)c3Cl)C2)C1. The van der Waals surface area contributed by atoms with Gasteiger partial charge in [0.15, 0.2) is 0 Å². The number of ether oxygens (including phenoxy) is 2. The smallest absolute Gasteiger partial charge is 0.316 e. The summed E-state index contributed by atoms with van der Waals surface area (Å²) in [6, 6.07) is 2.66. The molecule has 7 nitrogen and oxygen atoms in total. The van der Waals surface area contributed by atoms with Crippen molar-refractivity contribution in [1.29, 1.82) is 0 Å². The van der Waals surface area contributed by atoms with Gasteiger partial charge in [-0.25, -0.2) is 4.39 Å². The first-order valence-corrected chi connectivity index (χ1v) is 10.3. The molecule has 0 radical (unpaired) electrons. The fourth-order valence-electron chi connectivity index (χ4n) is 3.60. The fourth-order valence-corrected chi connectivity index (χ4v) is 4.28. The molecule has 0 bridgehead atoms. The Kier molecular flexibility index (Phi) is 7.34. The number of hydrogen-bond donors (Lipinski definition) is 2. The first kappa shape index (κ1) is 22.2. The lowest BCUT2D eigenvalue weighted by Crippen LogP contribution is -2.59. The lowest BCUT2D eigenvalue weighted by Gasteiger charge is -2.39. The fraction of sp³-hybridized carbons (Fsp3) is 0.579. The summed E-state index contributed by atoms with van der Waals surface area (Å²) in [4.78, 5) is 11.9. The lowest BCUT2D eigenvalue weighted by atomic mass is 10.0. The molecule has 1 aromatic rings. The first-order valence-electron chi connectivity index (χ1n) is 9.57. The molecule has 2 heterocycles. The molecule has 0 aliphatic carbocycles. The van der Waals surface area contributed by atoms with Gasteiger partial charge in [-0.3, -0.25) is 15.1 Å². The van der Waals surface area contributed by atoms with Gasteiger partial charge in [0.05, 0.1) is 42.6 Å². The van der Waals surface area contributed by atoms with E-state index >= 15 is 0 Å². The van der Waals surface area contributed by atoms with E-state index in [4.69, 9.17) is 38.4 Å². The van der Waals surface area contributed by atoms with Gasteiger partial charge in [-0.2, -0.15) is 5.10 Å². The number of esters is 1. The molecule has 0 spiro atoms. The lowest BCUT2D eigenvalue weighted by molar-refractivity contribution is -0.145. The van der Waals surface area contributed by atoms with E-state index in [2.05, 4.69) is 10.4 Å². The van der Waals surface area contributed by atoms with Crippen LogP contribution >= 0.6 is 23.2 Å². The highest BCUT2D eigenvalue weighted by Gasteiger charge is 2.37. The van der Waals surface area contributed by atoms with Crippen LogP contribution in [0.25, 0.3) is 0 Å². The van der Waals surface area contributed by atoms with Crippen molar-refractivity contribution >= 4 is 35.4 Å². The molecule has 3 N–H and O–H groups in total. The molecular formula is C19H25Cl2FN4O3. The maximum Gasteiger partial charge on any atom is 0.316 e. The summed E-state index contributed by atoms with van der Waals surface area (Å²) in [5, 5.41) is 9.69. The quantitative estimate of drug-likeness (QED) is 0.515. The summed E-state index contributed by atoms with van der Waals surface area (Å²) in [6.07, 6.45) is 0.840. The molecule has 2 aliphatic rings. The number of nitrogens with zero attached hydrogens (tertiary/aromatic N) is 2. The molecule has 5 atom stereocenters. The van der Waals surface area contributed by atoms with Gasteiger partial charge in [0.25, 0.3) is 0 Å². The summed E-state index contributed by atoms with van der Waals surface area (Å²) in [5.41, 5.74) is 6.57. The van der Waals surface area contributed by atoms with Crippen LogP contribution in [0.15, 0.2) is 17.2 Å². The van der Waals surface area contributed by atoms with Gasteiger partial charge in [0, 0.05) is 23.3 Å². The number of hydrogen-bond acceptors (Lipinski definition) is 7. The average molecular weight is 447 g/mol. The van der Waals surface area contributed by atoms with Crippen molar-refractivity contribution in [3.63, 3.8) is 0 Å². The van der Waals surface area contributed by atoms with Gasteiger partial charge in [0.2, 0.25) is 0 Å². The van der Waals surface area contributed by atoms with Gasteiger partial charge in [0.1, 0.15) is 11.7 Å². The zero-order valence-corrected chi connectivity index (χ0v) is 17.8. The largest absolute Gasteiger partial charge is 0.465 e. The number of piperidine rings is 1. The molecule has 0 amide bonds. The number of carbonyl (C=O) groups excluding carboxylic acids is 1. The van der Waals surface area contributed by atoms with Crippen LogP contribution in [0.5, 0.6) is 0 Å². The highest BCUT2D eigenvalue weighted by molar-refractivity contribution is 6.36. The zero-order chi connectivity index (χ0) is 21.1. The molecular weight excluding hydrogens is 422 g/mol. The van der Waals surface area contributed by atoms with Crippen molar-refractivity contribution < 1.29 is 18.7 Å². The molecule has 0 aromatic heterocycles. The predicted octanol–water partition coefficient (Wildman–Crippen LogP) is 2.71. The van der Waals surface area contributed by atoms with Crippen molar-refractivity contribution in [2.45, 2.75) is 44.7 Å². The van der Waals surface area contributed by atoms with Crippen LogP contribution in [0.3, 0.4) is 0 Å². The predicted molar refractivity (Wildman–Crippen MR) is 109 cm³/mol. The minimum Gasteiger partial charge on any atom is -0.465 e. The second-order valence-electron chi connectivity index (χ2n) is 7.14. The van der Waals surface area contributed by atoms with Crippen molar-refractivity contribution in [3.8, 4) is 0 Å². The Morgan fingerprint density at radius 3 is 2.97 bits per heavy atom. The van der Waals surface area contributed by atoms with Crippen LogP contribution in [0, 0.1) is 11.7 Å². The third kappa shape index (κ3) is 5.00. The Bertz CT molecular complexity index is 782. The second kappa shape index (κ2) is 9.57. The van der Waals surface area contributed by atoms with Crippen LogP contribution < -0.4 is 11.1 Å². The van der Waals surface area contributed by atoms with Gasteiger partial charge in [-0.1, -0.05) is 23.2 Å². The number of halogens is 3. The number of nitrogens with two attached hydrogens (primary N) is 1. The van der Waals surface area contributed by atoms with E-state index in [1.165, 1.54) is 12.1 Å². The van der Waals surface area contributed by atoms with Crippen LogP contribution in [0.1, 0.15) is 31.9 Å². The summed E-state index contributed by atoms with van der Waals surface area (Å²) in [6.45, 7) is 4.91. The van der Waals surface area contributed by atoms with Gasteiger partial charge in [-0.15, -0.1) is 0 Å². The summed E-state index contributed by atoms with van der Waals surface area (Å²) in [5.74, 6) is -1.22. The number of hydrazone groups is 1. The van der Waals surface area contributed by atoms with E-state index in [1.807, 2.05) is 5.01 Å². The van der Waals surface area contributed by atoms with Crippen molar-refractivity contribution in [3.05, 3.63) is 33.6 Å². The molecule has 1 fully saturated rings. The third-order valence-corrected chi connectivity index (χ3v) is 5.86. The third-order valence-electron chi connectivity index (χ3n) is 5.15. The Morgan fingerprint density at radius 2 is 2.24 bits per heavy atom. The van der Waals surface area contributed by atoms with Gasteiger partial charge < -0.3 is 15.2 Å². The molecule has 10 heteroatoms. The Morgan fingerprint density at radius 1 is 1.48 bits per heavy atom. The van der Waals surface area contributed by atoms with Crippen LogP contribution in [-0.4, -0.2) is 55.2 Å². The van der Waals surface area contributed by atoms with E-state index in [0.717, 1.165) is 0 Å². The number of benzene rings is 1. The minimum absolute atomic E-state index is 0.0128.